The van der Waals surface area contributed by atoms with Gasteiger partial charge in [0.05, 0.1) is 33.4 Å². The quantitative estimate of drug-likeness (QED) is 0.166. The standard InChI is InChI=1S/C23H22F3N7O4S2/c24-23(25,26)12-2-1-3-13(6-12)32-21(37)33-22-29-9-15(38-22)4-5-27-19-18-16(30-11-31-19)7-17(39-18)20(36)28-8-14(35)10-34/h1-3,6-7,9,11,14,34-35H,4-5,8,10H2,(H,28,36)(H,27,30,31)(H2,29,32,33,37). The Labute approximate surface area is 227 Å². The van der Waals surface area contributed by atoms with Crippen LogP contribution in [0.4, 0.5) is 34.6 Å². The molecule has 0 aliphatic rings. The number of halogens is 3. The predicted octanol–water partition coefficient (Wildman–Crippen LogP) is 3.55. The van der Waals surface area contributed by atoms with Crippen LogP contribution in [0.1, 0.15) is 20.1 Å². The van der Waals surface area contributed by atoms with Crippen LogP contribution in [0.3, 0.4) is 0 Å². The van der Waals surface area contributed by atoms with Crippen molar-refractivity contribution >= 4 is 61.5 Å². The fourth-order valence-electron chi connectivity index (χ4n) is 3.27. The Morgan fingerprint density at radius 2 is 1.90 bits per heavy atom. The number of alkyl halides is 3. The second-order valence-electron chi connectivity index (χ2n) is 8.06. The van der Waals surface area contributed by atoms with E-state index >= 15 is 0 Å². The third kappa shape index (κ3) is 7.60. The molecule has 6 N–H and O–H groups in total. The van der Waals surface area contributed by atoms with E-state index in [0.717, 1.165) is 17.0 Å². The molecule has 4 rings (SSSR count). The molecular formula is C23H22F3N7O4S2. The largest absolute Gasteiger partial charge is 0.416 e. The van der Waals surface area contributed by atoms with E-state index in [1.165, 1.54) is 41.1 Å². The lowest BCUT2D eigenvalue weighted by molar-refractivity contribution is -0.137. The molecule has 1 aromatic carbocycles. The summed E-state index contributed by atoms with van der Waals surface area (Å²) >= 11 is 2.39. The van der Waals surface area contributed by atoms with Crippen molar-refractivity contribution in [2.75, 3.05) is 35.6 Å². The van der Waals surface area contributed by atoms with Crippen molar-refractivity contribution in [1.82, 2.24) is 20.3 Å². The molecular weight excluding hydrogens is 559 g/mol. The predicted molar refractivity (Wildman–Crippen MR) is 141 cm³/mol. The Kier molecular flexibility index (Phi) is 8.90. The first-order valence-corrected chi connectivity index (χ1v) is 13.0. The lowest BCUT2D eigenvalue weighted by atomic mass is 10.2. The molecule has 0 aliphatic carbocycles. The number of carbonyl (C=O) groups is 2. The van der Waals surface area contributed by atoms with Crippen molar-refractivity contribution in [2.45, 2.75) is 18.7 Å². The fourth-order valence-corrected chi connectivity index (χ4v) is 5.07. The topological polar surface area (TPSA) is 161 Å². The number of fused-ring (bicyclic) bond motifs is 1. The minimum absolute atomic E-state index is 0.00330. The molecule has 0 bridgehead atoms. The summed E-state index contributed by atoms with van der Waals surface area (Å²) in [6.07, 6.45) is -2.09. The lowest BCUT2D eigenvalue weighted by Gasteiger charge is -2.09. The molecule has 1 atom stereocenters. The van der Waals surface area contributed by atoms with E-state index in [1.807, 2.05) is 0 Å². The van der Waals surface area contributed by atoms with Crippen LogP contribution in [0, 0.1) is 0 Å². The average molecular weight is 582 g/mol. The van der Waals surface area contributed by atoms with Gasteiger partial charge in [-0.2, -0.15) is 13.2 Å². The van der Waals surface area contributed by atoms with Crippen molar-refractivity contribution in [3.05, 3.63) is 58.2 Å². The van der Waals surface area contributed by atoms with Gasteiger partial charge in [-0.15, -0.1) is 22.7 Å². The van der Waals surface area contributed by atoms with Gasteiger partial charge in [-0.05, 0) is 24.3 Å². The molecule has 39 heavy (non-hydrogen) atoms. The summed E-state index contributed by atoms with van der Waals surface area (Å²) in [4.78, 5) is 38.3. The van der Waals surface area contributed by atoms with E-state index in [2.05, 4.69) is 36.2 Å². The first kappa shape index (κ1) is 28.2. The van der Waals surface area contributed by atoms with E-state index in [1.54, 1.807) is 12.3 Å². The van der Waals surface area contributed by atoms with Gasteiger partial charge in [0.1, 0.15) is 12.1 Å². The number of thiophene rings is 1. The van der Waals surface area contributed by atoms with Crippen molar-refractivity contribution in [3.8, 4) is 0 Å². The minimum Gasteiger partial charge on any atom is -0.394 e. The van der Waals surface area contributed by atoms with Crippen molar-refractivity contribution < 1.29 is 33.0 Å². The van der Waals surface area contributed by atoms with Gasteiger partial charge < -0.3 is 26.2 Å². The Morgan fingerprint density at radius 3 is 2.67 bits per heavy atom. The summed E-state index contributed by atoms with van der Waals surface area (Å²) in [5, 5.41) is 29.2. The number of anilines is 3. The second-order valence-corrected chi connectivity index (χ2v) is 10.2. The number of nitrogens with one attached hydrogen (secondary N) is 4. The van der Waals surface area contributed by atoms with Crippen LogP contribution in [-0.4, -0.2) is 62.9 Å². The van der Waals surface area contributed by atoms with Crippen molar-refractivity contribution in [1.29, 1.82) is 0 Å². The van der Waals surface area contributed by atoms with Gasteiger partial charge in [0.25, 0.3) is 5.91 Å². The summed E-state index contributed by atoms with van der Waals surface area (Å²) in [5.74, 6) is 0.126. The highest BCUT2D eigenvalue weighted by Crippen LogP contribution is 2.31. The third-order valence-electron chi connectivity index (χ3n) is 5.13. The maximum Gasteiger partial charge on any atom is 0.416 e. The van der Waals surface area contributed by atoms with Gasteiger partial charge in [0, 0.05) is 36.3 Å². The number of benzene rings is 1. The molecule has 0 fully saturated rings. The monoisotopic (exact) mass is 581 g/mol. The number of rotatable bonds is 10. The van der Waals surface area contributed by atoms with Crippen molar-refractivity contribution in [2.24, 2.45) is 0 Å². The first-order valence-electron chi connectivity index (χ1n) is 11.4. The van der Waals surface area contributed by atoms with E-state index in [-0.39, 0.29) is 17.4 Å². The molecule has 3 heterocycles. The second kappa shape index (κ2) is 12.3. The van der Waals surface area contributed by atoms with Crippen LogP contribution in [0.25, 0.3) is 10.2 Å². The molecule has 0 spiro atoms. The maximum atomic E-state index is 12.9. The highest BCUT2D eigenvalue weighted by atomic mass is 32.1. The highest BCUT2D eigenvalue weighted by Gasteiger charge is 2.30. The lowest BCUT2D eigenvalue weighted by Crippen LogP contribution is -2.33. The molecule has 0 saturated heterocycles. The maximum absolute atomic E-state index is 12.9. The fraction of sp³-hybridized carbons (Fsp3) is 0.261. The summed E-state index contributed by atoms with van der Waals surface area (Å²) in [7, 11) is 0. The third-order valence-corrected chi connectivity index (χ3v) is 7.23. The summed E-state index contributed by atoms with van der Waals surface area (Å²) in [5.41, 5.74) is -0.303. The van der Waals surface area contributed by atoms with Crippen LogP contribution in [0.5, 0.6) is 0 Å². The minimum atomic E-state index is -4.52. The SMILES string of the molecule is O=C(Nc1cccc(C(F)(F)F)c1)Nc1ncc(CCNc2ncnc3cc(C(=O)NCC(O)CO)sc23)s1. The zero-order valence-electron chi connectivity index (χ0n) is 20.0. The number of aliphatic hydroxyl groups excluding tert-OH is 2. The van der Waals surface area contributed by atoms with E-state index in [9.17, 15) is 27.9 Å². The van der Waals surface area contributed by atoms with Crippen LogP contribution >= 0.6 is 22.7 Å². The molecule has 11 nitrogen and oxygen atoms in total. The van der Waals surface area contributed by atoms with Gasteiger partial charge in [0.2, 0.25) is 0 Å². The highest BCUT2D eigenvalue weighted by molar-refractivity contribution is 7.21. The molecule has 0 radical (unpaired) electrons. The molecule has 0 saturated carbocycles. The van der Waals surface area contributed by atoms with Gasteiger partial charge in [-0.1, -0.05) is 6.07 Å². The number of urea groups is 1. The van der Waals surface area contributed by atoms with E-state index in [4.69, 9.17) is 5.11 Å². The Morgan fingerprint density at radius 1 is 1.08 bits per heavy atom. The first-order chi connectivity index (χ1) is 18.6. The van der Waals surface area contributed by atoms with Gasteiger partial charge in [-0.25, -0.2) is 19.7 Å². The molecule has 3 aromatic heterocycles. The van der Waals surface area contributed by atoms with E-state index < -0.39 is 36.4 Å². The molecule has 16 heteroatoms. The number of aliphatic hydroxyl groups is 2. The molecule has 1 unspecified atom stereocenters. The molecule has 4 aromatic rings. The number of hydrogen-bond donors (Lipinski definition) is 6. The van der Waals surface area contributed by atoms with Crippen LogP contribution in [0.15, 0.2) is 42.9 Å². The summed E-state index contributed by atoms with van der Waals surface area (Å²) < 4.78 is 39.2. The summed E-state index contributed by atoms with van der Waals surface area (Å²) in [6, 6.07) is 5.20. The van der Waals surface area contributed by atoms with Crippen LogP contribution in [0.2, 0.25) is 0 Å². The Bertz CT molecular complexity index is 1460. The van der Waals surface area contributed by atoms with Crippen molar-refractivity contribution in [3.63, 3.8) is 0 Å². The normalized spacial score (nSPS) is 12.2. The number of carbonyl (C=O) groups excluding carboxylic acids is 2. The average Bonchev–Trinajstić information content (AvgIpc) is 3.54. The zero-order chi connectivity index (χ0) is 28.0. The van der Waals surface area contributed by atoms with Crippen LogP contribution < -0.4 is 21.3 Å². The van der Waals surface area contributed by atoms with Crippen LogP contribution in [-0.2, 0) is 12.6 Å². The number of thiazole rings is 1. The smallest absolute Gasteiger partial charge is 0.394 e. The van der Waals surface area contributed by atoms with Gasteiger partial charge >= 0.3 is 12.2 Å². The number of nitrogens with zero attached hydrogens (tertiary/aromatic N) is 3. The Balaban J connectivity index is 1.30. The molecule has 0 aliphatic heterocycles. The van der Waals surface area contributed by atoms with E-state index in [0.29, 0.717) is 33.9 Å². The van der Waals surface area contributed by atoms with Gasteiger partial charge in [0.15, 0.2) is 5.13 Å². The number of amides is 3. The molecule has 3 amide bonds. The summed E-state index contributed by atoms with van der Waals surface area (Å²) in [6.45, 7) is -0.0954. The zero-order valence-corrected chi connectivity index (χ0v) is 21.6. The molecule has 206 valence electrons. The number of hydrogen-bond acceptors (Lipinski definition) is 10. The Hall–Kier alpha value is -3.86. The number of aromatic nitrogens is 3. The van der Waals surface area contributed by atoms with Gasteiger partial charge in [-0.3, -0.25) is 10.1 Å².